The molecule has 0 unspecified atom stereocenters. The molecule has 3 aromatic carbocycles. The minimum atomic E-state index is -0.386. The summed E-state index contributed by atoms with van der Waals surface area (Å²) in [4.78, 5) is 16.6. The fourth-order valence-electron chi connectivity index (χ4n) is 3.58. The number of carbonyl (C=O) groups excluding carboxylic acids is 1. The number of aromatic nitrogens is 1. The van der Waals surface area contributed by atoms with Crippen molar-refractivity contribution in [1.82, 2.24) is 4.98 Å². The number of halogens is 1. The maximum absolute atomic E-state index is 12.0. The summed E-state index contributed by atoms with van der Waals surface area (Å²) >= 11 is 6.10. The van der Waals surface area contributed by atoms with E-state index in [1.54, 1.807) is 12.1 Å². The Balaban J connectivity index is 1.41. The van der Waals surface area contributed by atoms with Gasteiger partial charge in [-0.2, -0.15) is 0 Å². The van der Waals surface area contributed by atoms with E-state index in [1.165, 1.54) is 7.11 Å². The van der Waals surface area contributed by atoms with Gasteiger partial charge in [-0.25, -0.2) is 9.78 Å². The van der Waals surface area contributed by atoms with E-state index < -0.39 is 0 Å². The molecule has 5 aromatic rings. The average molecular weight is 444 g/mol. The zero-order chi connectivity index (χ0) is 22.1. The minimum Gasteiger partial charge on any atom is -0.489 e. The van der Waals surface area contributed by atoms with Gasteiger partial charge in [0.15, 0.2) is 5.76 Å². The summed E-state index contributed by atoms with van der Waals surface area (Å²) in [5.74, 6) is 0.945. The van der Waals surface area contributed by atoms with Crippen molar-refractivity contribution in [2.45, 2.75) is 6.61 Å². The number of benzene rings is 3. The molecule has 5 rings (SSSR count). The van der Waals surface area contributed by atoms with Crippen LogP contribution in [0, 0.1) is 0 Å². The largest absolute Gasteiger partial charge is 0.489 e. The summed E-state index contributed by atoms with van der Waals surface area (Å²) in [6, 6.07) is 24.3. The molecule has 5 nitrogen and oxygen atoms in total. The molecule has 0 amide bonds. The molecule has 0 fully saturated rings. The first-order valence-corrected chi connectivity index (χ1v) is 10.4. The third-order valence-corrected chi connectivity index (χ3v) is 5.45. The molecule has 0 saturated heterocycles. The summed E-state index contributed by atoms with van der Waals surface area (Å²) in [5, 5.41) is 2.55. The number of hydrogen-bond donors (Lipinski definition) is 0. The highest BCUT2D eigenvalue weighted by atomic mass is 35.5. The van der Waals surface area contributed by atoms with Crippen LogP contribution in [-0.4, -0.2) is 18.1 Å². The molecule has 2 heterocycles. The maximum atomic E-state index is 12.0. The molecule has 0 spiro atoms. The van der Waals surface area contributed by atoms with E-state index in [2.05, 4.69) is 4.98 Å². The lowest BCUT2D eigenvalue weighted by molar-refractivity contribution is 0.0597. The lowest BCUT2D eigenvalue weighted by Gasteiger charge is -2.09. The molecule has 0 aliphatic rings. The maximum Gasteiger partial charge on any atom is 0.338 e. The van der Waals surface area contributed by atoms with Gasteiger partial charge in [-0.3, -0.25) is 0 Å². The van der Waals surface area contributed by atoms with Crippen molar-refractivity contribution >= 4 is 39.4 Å². The lowest BCUT2D eigenvalue weighted by atomic mass is 10.1. The first kappa shape index (κ1) is 20.1. The van der Waals surface area contributed by atoms with Crippen LogP contribution in [0.5, 0.6) is 5.75 Å². The summed E-state index contributed by atoms with van der Waals surface area (Å²) in [7, 11) is 1.36. The van der Waals surface area contributed by atoms with E-state index in [9.17, 15) is 4.79 Å². The van der Waals surface area contributed by atoms with Gasteiger partial charge in [-0.15, -0.1) is 0 Å². The molecule has 0 aliphatic carbocycles. The van der Waals surface area contributed by atoms with Crippen LogP contribution in [0.3, 0.4) is 0 Å². The number of fused-ring (bicyclic) bond motifs is 2. The molecule has 32 heavy (non-hydrogen) atoms. The Morgan fingerprint density at radius 2 is 1.81 bits per heavy atom. The predicted octanol–water partition coefficient (Wildman–Crippen LogP) is 6.67. The second-order valence-electron chi connectivity index (χ2n) is 7.28. The zero-order valence-corrected chi connectivity index (χ0v) is 17.9. The Hall–Kier alpha value is -3.83. The van der Waals surface area contributed by atoms with Gasteiger partial charge in [-0.05, 0) is 48.5 Å². The summed E-state index contributed by atoms with van der Waals surface area (Å²) in [6.45, 7) is 0.245. The van der Waals surface area contributed by atoms with Crippen molar-refractivity contribution in [3.05, 3.63) is 95.0 Å². The Labute approximate surface area is 189 Å². The molecular weight excluding hydrogens is 426 g/mol. The van der Waals surface area contributed by atoms with Gasteiger partial charge in [0.05, 0.1) is 18.2 Å². The Bertz CT molecular complexity index is 1460. The molecule has 0 aliphatic heterocycles. The van der Waals surface area contributed by atoms with E-state index >= 15 is 0 Å². The van der Waals surface area contributed by atoms with Crippen molar-refractivity contribution in [3.8, 4) is 17.2 Å². The van der Waals surface area contributed by atoms with E-state index in [1.807, 2.05) is 66.7 Å². The second-order valence-corrected chi connectivity index (χ2v) is 7.72. The zero-order valence-electron chi connectivity index (χ0n) is 17.2. The van der Waals surface area contributed by atoms with Crippen LogP contribution in [0.15, 0.2) is 83.3 Å². The molecule has 0 saturated carbocycles. The number of pyridine rings is 1. The fourth-order valence-corrected chi connectivity index (χ4v) is 3.75. The molecular formula is C26H18ClNO4. The topological polar surface area (TPSA) is 61.6 Å². The minimum absolute atomic E-state index is 0.245. The van der Waals surface area contributed by atoms with Crippen molar-refractivity contribution in [2.75, 3.05) is 7.11 Å². The summed E-state index contributed by atoms with van der Waals surface area (Å²) < 4.78 is 16.8. The van der Waals surface area contributed by atoms with Crippen LogP contribution >= 0.6 is 11.6 Å². The molecule has 0 atom stereocenters. The molecule has 0 bridgehead atoms. The van der Waals surface area contributed by atoms with E-state index in [-0.39, 0.29) is 12.6 Å². The van der Waals surface area contributed by atoms with Crippen LogP contribution in [-0.2, 0) is 11.3 Å². The predicted molar refractivity (Wildman–Crippen MR) is 124 cm³/mol. The number of hydrogen-bond acceptors (Lipinski definition) is 5. The highest BCUT2D eigenvalue weighted by Gasteiger charge is 2.13. The third-order valence-electron chi connectivity index (χ3n) is 5.21. The molecule has 6 heteroatoms. The van der Waals surface area contributed by atoms with Crippen LogP contribution in [0.2, 0.25) is 5.02 Å². The highest BCUT2D eigenvalue weighted by Crippen LogP contribution is 2.31. The van der Waals surface area contributed by atoms with Gasteiger partial charge in [0.25, 0.3) is 0 Å². The third kappa shape index (κ3) is 3.90. The SMILES string of the molecule is COC(=O)c1ccccc1COc1ccc2oc(-c3ccc4ccc(Cl)cc4n3)cc2c1. The van der Waals surface area contributed by atoms with Crippen LogP contribution < -0.4 is 4.74 Å². The van der Waals surface area contributed by atoms with E-state index in [4.69, 9.17) is 25.5 Å². The number of carbonyl (C=O) groups is 1. The Morgan fingerprint density at radius 1 is 0.969 bits per heavy atom. The number of nitrogens with zero attached hydrogens (tertiary/aromatic N) is 1. The Morgan fingerprint density at radius 3 is 2.69 bits per heavy atom. The van der Waals surface area contributed by atoms with Crippen molar-refractivity contribution in [1.29, 1.82) is 0 Å². The van der Waals surface area contributed by atoms with Crippen LogP contribution in [0.25, 0.3) is 33.3 Å². The average Bonchev–Trinajstić information content (AvgIpc) is 3.25. The van der Waals surface area contributed by atoms with Crippen molar-refractivity contribution < 1.29 is 18.7 Å². The summed E-state index contributed by atoms with van der Waals surface area (Å²) in [5.41, 5.74) is 3.51. The number of esters is 1. The van der Waals surface area contributed by atoms with Crippen molar-refractivity contribution in [3.63, 3.8) is 0 Å². The molecule has 0 N–H and O–H groups in total. The molecule has 0 radical (unpaired) electrons. The first-order chi connectivity index (χ1) is 15.6. The van der Waals surface area contributed by atoms with Crippen LogP contribution in [0.1, 0.15) is 15.9 Å². The van der Waals surface area contributed by atoms with E-state index in [0.29, 0.717) is 22.1 Å². The van der Waals surface area contributed by atoms with Gasteiger partial charge < -0.3 is 13.9 Å². The number of ether oxygens (including phenoxy) is 2. The fraction of sp³-hybridized carbons (Fsp3) is 0.0769. The van der Waals surface area contributed by atoms with Gasteiger partial charge in [0.2, 0.25) is 0 Å². The smallest absolute Gasteiger partial charge is 0.338 e. The quantitative estimate of drug-likeness (QED) is 0.284. The highest BCUT2D eigenvalue weighted by molar-refractivity contribution is 6.31. The van der Waals surface area contributed by atoms with E-state index in [0.717, 1.165) is 33.1 Å². The lowest BCUT2D eigenvalue weighted by Crippen LogP contribution is -2.07. The van der Waals surface area contributed by atoms with Gasteiger partial charge in [-0.1, -0.05) is 41.9 Å². The number of methoxy groups -OCH3 is 1. The van der Waals surface area contributed by atoms with Crippen molar-refractivity contribution in [2.24, 2.45) is 0 Å². The van der Waals surface area contributed by atoms with Gasteiger partial charge in [0.1, 0.15) is 23.6 Å². The first-order valence-electron chi connectivity index (χ1n) is 10.00. The van der Waals surface area contributed by atoms with Gasteiger partial charge in [0, 0.05) is 21.4 Å². The monoisotopic (exact) mass is 443 g/mol. The standard InChI is InChI=1S/C26H18ClNO4/c1-30-26(29)21-5-3-2-4-17(21)15-31-20-9-11-24-18(12-20)13-25(32-24)22-10-7-16-6-8-19(27)14-23(16)28-22/h2-14H,15H2,1H3. The molecule has 158 valence electrons. The molecule has 2 aromatic heterocycles. The number of furan rings is 1. The van der Waals surface area contributed by atoms with Crippen LogP contribution in [0.4, 0.5) is 0 Å². The second kappa shape index (κ2) is 8.36. The normalized spacial score (nSPS) is 11.1. The summed E-state index contributed by atoms with van der Waals surface area (Å²) in [6.07, 6.45) is 0. The number of rotatable bonds is 5. The Kier molecular flexibility index (Phi) is 5.25. The van der Waals surface area contributed by atoms with Gasteiger partial charge >= 0.3 is 5.97 Å².